The summed E-state index contributed by atoms with van der Waals surface area (Å²) in [5.41, 5.74) is 0. The molecule has 0 fully saturated rings. The van der Waals surface area contributed by atoms with E-state index in [1.807, 2.05) is 7.05 Å². The fourth-order valence-corrected chi connectivity index (χ4v) is 0.319. The highest BCUT2D eigenvalue weighted by Crippen LogP contribution is 1.88. The average molecular weight is 98.1 g/mol. The zero-order valence-corrected chi connectivity index (χ0v) is 4.07. The zero-order chi connectivity index (χ0) is 5.11. The van der Waals surface area contributed by atoms with Crippen LogP contribution in [0.1, 0.15) is 0 Å². The summed E-state index contributed by atoms with van der Waals surface area (Å²) in [6.07, 6.45) is 1.70. The molecule has 0 bridgehead atoms. The summed E-state index contributed by atoms with van der Waals surface area (Å²) in [4.78, 5) is 0. The van der Waals surface area contributed by atoms with Crippen LogP contribution < -0.4 is 0 Å². The first kappa shape index (κ1) is 4.23. The smallest absolute Gasteiger partial charge is 0.0746 e. The van der Waals surface area contributed by atoms with E-state index in [0.29, 0.717) is 0 Å². The predicted octanol–water partition coefficient (Wildman–Crippen LogP) is 0.285. The molecule has 1 aliphatic heterocycles. The second-order valence-corrected chi connectivity index (χ2v) is 1.32. The highest BCUT2D eigenvalue weighted by Gasteiger charge is 1.90. The Morgan fingerprint density at radius 2 is 2.57 bits per heavy atom. The van der Waals surface area contributed by atoms with Crippen molar-refractivity contribution < 1.29 is 0 Å². The molecule has 0 radical (unpaired) electrons. The summed E-state index contributed by atoms with van der Waals surface area (Å²) in [7, 11) is 1.84. The van der Waals surface area contributed by atoms with Crippen LogP contribution in [-0.4, -0.2) is 24.8 Å². The molecule has 1 aliphatic rings. The fraction of sp³-hybridized carbons (Fsp3) is 0.667. The Morgan fingerprint density at radius 3 is 2.86 bits per heavy atom. The van der Waals surface area contributed by atoms with Crippen LogP contribution in [-0.2, 0) is 0 Å². The molecule has 0 saturated heterocycles. The zero-order valence-electron chi connectivity index (χ0n) is 4.07. The third-order valence-electron chi connectivity index (χ3n) is 0.672. The molecule has 0 aromatic heterocycles. The van der Waals surface area contributed by atoms with Crippen LogP contribution in [0.5, 0.6) is 0 Å². The van der Waals surface area contributed by atoms with Gasteiger partial charge in [-0.15, -0.1) is 5.10 Å². The molecule has 1 rings (SSSR count). The van der Waals surface area contributed by atoms with Gasteiger partial charge in [0.25, 0.3) is 0 Å². The number of hydrogen-bond acceptors (Lipinski definition) is 4. The summed E-state index contributed by atoms with van der Waals surface area (Å²) < 4.78 is 0. The van der Waals surface area contributed by atoms with E-state index in [0.717, 1.165) is 6.54 Å². The molecule has 0 aromatic carbocycles. The SMILES string of the molecule is CN1CC=NN=N1. The van der Waals surface area contributed by atoms with E-state index in [-0.39, 0.29) is 0 Å². The monoisotopic (exact) mass is 98.1 g/mol. The maximum absolute atomic E-state index is 3.59. The van der Waals surface area contributed by atoms with Crippen molar-refractivity contribution in [3.63, 3.8) is 0 Å². The molecular weight excluding hydrogens is 92.1 g/mol. The second-order valence-electron chi connectivity index (χ2n) is 1.32. The fourth-order valence-electron chi connectivity index (χ4n) is 0.319. The van der Waals surface area contributed by atoms with E-state index in [1.54, 1.807) is 11.2 Å². The minimum Gasteiger partial charge on any atom is -0.275 e. The molecule has 4 heteroatoms. The summed E-state index contributed by atoms with van der Waals surface area (Å²) in [5.74, 6) is 0. The second kappa shape index (κ2) is 1.68. The molecule has 0 unspecified atom stereocenters. The Bertz CT molecular complexity index is 106. The maximum Gasteiger partial charge on any atom is 0.0746 e. The third kappa shape index (κ3) is 0.956. The topological polar surface area (TPSA) is 40.3 Å². The Hall–Kier alpha value is -0.930. The molecule has 0 N–H and O–H groups in total. The first-order chi connectivity index (χ1) is 3.39. The van der Waals surface area contributed by atoms with Gasteiger partial charge in [0.2, 0.25) is 0 Å². The van der Waals surface area contributed by atoms with E-state index in [2.05, 4.69) is 15.5 Å². The lowest BCUT2D eigenvalue weighted by Gasteiger charge is -2.06. The van der Waals surface area contributed by atoms with Crippen LogP contribution in [0.3, 0.4) is 0 Å². The van der Waals surface area contributed by atoms with Crippen molar-refractivity contribution in [3.05, 3.63) is 0 Å². The van der Waals surface area contributed by atoms with Gasteiger partial charge in [0.15, 0.2) is 0 Å². The lowest BCUT2D eigenvalue weighted by Crippen LogP contribution is -2.14. The highest BCUT2D eigenvalue weighted by atomic mass is 15.6. The molecule has 1 heterocycles. The Morgan fingerprint density at radius 1 is 1.71 bits per heavy atom. The van der Waals surface area contributed by atoms with Gasteiger partial charge in [-0.3, -0.25) is 5.01 Å². The molecule has 0 spiro atoms. The van der Waals surface area contributed by atoms with E-state index >= 15 is 0 Å². The van der Waals surface area contributed by atoms with Crippen molar-refractivity contribution in [2.75, 3.05) is 13.6 Å². The van der Waals surface area contributed by atoms with Crippen LogP contribution >= 0.6 is 0 Å². The van der Waals surface area contributed by atoms with Crippen LogP contribution in [0.25, 0.3) is 0 Å². The number of rotatable bonds is 0. The van der Waals surface area contributed by atoms with Gasteiger partial charge in [-0.05, 0) is 5.22 Å². The van der Waals surface area contributed by atoms with Gasteiger partial charge < -0.3 is 0 Å². The quantitative estimate of drug-likeness (QED) is 0.429. The van der Waals surface area contributed by atoms with E-state index < -0.39 is 0 Å². The van der Waals surface area contributed by atoms with Gasteiger partial charge in [0, 0.05) is 7.05 Å². The Balaban J connectivity index is 2.49. The van der Waals surface area contributed by atoms with Crippen LogP contribution in [0.15, 0.2) is 15.5 Å². The third-order valence-corrected chi connectivity index (χ3v) is 0.672. The van der Waals surface area contributed by atoms with Crippen molar-refractivity contribution >= 4 is 6.21 Å². The number of nitrogens with zero attached hydrogens (tertiary/aromatic N) is 4. The summed E-state index contributed by atoms with van der Waals surface area (Å²) in [6.45, 7) is 0.767. The van der Waals surface area contributed by atoms with Crippen molar-refractivity contribution in [3.8, 4) is 0 Å². The lowest BCUT2D eigenvalue weighted by molar-refractivity contribution is 0.365. The molecule has 4 nitrogen and oxygen atoms in total. The summed E-state index contributed by atoms with van der Waals surface area (Å²) in [5, 5.41) is 12.2. The van der Waals surface area contributed by atoms with Crippen molar-refractivity contribution in [1.29, 1.82) is 0 Å². The molecular formula is C3H6N4. The average Bonchev–Trinajstić information content (AvgIpc) is 1.69. The van der Waals surface area contributed by atoms with Gasteiger partial charge in [-0.1, -0.05) is 5.22 Å². The minimum atomic E-state index is 0.767. The minimum absolute atomic E-state index is 0.767. The molecule has 0 aromatic rings. The van der Waals surface area contributed by atoms with Gasteiger partial charge in [-0.2, -0.15) is 0 Å². The van der Waals surface area contributed by atoms with Crippen LogP contribution in [0.4, 0.5) is 0 Å². The lowest BCUT2D eigenvalue weighted by atomic mass is 10.7. The normalized spacial score (nSPS) is 18.1. The number of hydrogen-bond donors (Lipinski definition) is 0. The first-order valence-electron chi connectivity index (χ1n) is 2.03. The van der Waals surface area contributed by atoms with Crippen LogP contribution in [0, 0.1) is 0 Å². The Labute approximate surface area is 41.5 Å². The molecule has 0 aliphatic carbocycles. The van der Waals surface area contributed by atoms with Crippen molar-refractivity contribution in [1.82, 2.24) is 5.01 Å². The van der Waals surface area contributed by atoms with Gasteiger partial charge in [-0.25, -0.2) is 0 Å². The standard InChI is InChI=1S/C3H6N4/c1-7-3-2-4-5-6-7/h2H,3H2,1H3. The van der Waals surface area contributed by atoms with Gasteiger partial charge in [0.1, 0.15) is 0 Å². The summed E-state index contributed by atoms with van der Waals surface area (Å²) >= 11 is 0. The first-order valence-corrected chi connectivity index (χ1v) is 2.03. The molecule has 0 atom stereocenters. The largest absolute Gasteiger partial charge is 0.275 e. The molecule has 0 amide bonds. The molecule has 0 saturated carbocycles. The maximum atomic E-state index is 3.59. The predicted molar refractivity (Wildman–Crippen MR) is 26.0 cm³/mol. The van der Waals surface area contributed by atoms with Crippen LogP contribution in [0.2, 0.25) is 0 Å². The van der Waals surface area contributed by atoms with Crippen molar-refractivity contribution in [2.24, 2.45) is 15.5 Å². The van der Waals surface area contributed by atoms with Crippen molar-refractivity contribution in [2.45, 2.75) is 0 Å². The highest BCUT2D eigenvalue weighted by molar-refractivity contribution is 5.59. The molecule has 38 valence electrons. The molecule has 7 heavy (non-hydrogen) atoms. The van der Waals surface area contributed by atoms with Gasteiger partial charge >= 0.3 is 0 Å². The van der Waals surface area contributed by atoms with E-state index in [1.165, 1.54) is 0 Å². The van der Waals surface area contributed by atoms with E-state index in [4.69, 9.17) is 0 Å². The Kier molecular flexibility index (Phi) is 1.02. The van der Waals surface area contributed by atoms with E-state index in [9.17, 15) is 0 Å². The van der Waals surface area contributed by atoms with Gasteiger partial charge in [0.05, 0.1) is 12.8 Å². The summed E-state index contributed by atoms with van der Waals surface area (Å²) in [6, 6.07) is 0.